The van der Waals surface area contributed by atoms with E-state index < -0.39 is 9.84 Å². The zero-order valence-corrected chi connectivity index (χ0v) is 13.8. The fourth-order valence-corrected chi connectivity index (χ4v) is 3.77. The Bertz CT molecular complexity index is 884. The summed E-state index contributed by atoms with van der Waals surface area (Å²) in [7, 11) is -1.52. The van der Waals surface area contributed by atoms with Gasteiger partial charge in [0.2, 0.25) is 0 Å². The number of benzene rings is 1. The number of carbonyl (C=O) groups excluding carboxylic acids is 1. The third-order valence-corrected chi connectivity index (χ3v) is 5.31. The van der Waals surface area contributed by atoms with Crippen molar-refractivity contribution in [3.05, 3.63) is 34.5 Å². The van der Waals surface area contributed by atoms with E-state index >= 15 is 0 Å². The van der Waals surface area contributed by atoms with E-state index in [1.807, 2.05) is 0 Å². The van der Waals surface area contributed by atoms with Crippen molar-refractivity contribution in [1.82, 2.24) is 9.78 Å². The van der Waals surface area contributed by atoms with E-state index in [0.29, 0.717) is 23.2 Å². The Morgan fingerprint density at radius 3 is 2.64 bits per heavy atom. The van der Waals surface area contributed by atoms with Crippen molar-refractivity contribution in [2.24, 2.45) is 7.05 Å². The van der Waals surface area contributed by atoms with Gasteiger partial charge in [-0.3, -0.25) is 9.48 Å². The number of aromatic nitrogens is 2. The molecule has 0 amide bonds. The predicted molar refractivity (Wildman–Crippen MR) is 84.0 cm³/mol. The zero-order chi connectivity index (χ0) is 16.1. The van der Waals surface area contributed by atoms with E-state index in [1.165, 1.54) is 12.1 Å². The van der Waals surface area contributed by atoms with Crippen molar-refractivity contribution in [3.63, 3.8) is 0 Å². The number of ketones is 1. The Morgan fingerprint density at radius 2 is 2.00 bits per heavy atom. The standard InChI is InChI=1S/C15H15ClN2O3S/c1-18-12-4-3-5-13(19)14(12)15(17-18)10-7-6-9(8-11(10)16)22(2,20)21/h6-8H,3-5H2,1-2H3. The van der Waals surface area contributed by atoms with Crippen molar-refractivity contribution >= 4 is 27.2 Å². The molecule has 0 N–H and O–H groups in total. The maximum atomic E-state index is 12.2. The Morgan fingerprint density at radius 1 is 1.27 bits per heavy atom. The summed E-state index contributed by atoms with van der Waals surface area (Å²) >= 11 is 6.24. The number of Topliss-reactive ketones (excluding diaryl/α,β-unsaturated/α-hetero) is 1. The van der Waals surface area contributed by atoms with Gasteiger partial charge >= 0.3 is 0 Å². The average molecular weight is 339 g/mol. The Labute approximate surface area is 133 Å². The number of aryl methyl sites for hydroxylation is 1. The molecule has 0 unspecified atom stereocenters. The van der Waals surface area contributed by atoms with Crippen LogP contribution in [0.1, 0.15) is 28.9 Å². The SMILES string of the molecule is Cn1nc(-c2ccc(S(C)(=O)=O)cc2Cl)c2c1CCCC2=O. The molecule has 0 saturated heterocycles. The van der Waals surface area contributed by atoms with Gasteiger partial charge < -0.3 is 0 Å². The van der Waals surface area contributed by atoms with Crippen LogP contribution in [0.25, 0.3) is 11.3 Å². The first-order valence-electron chi connectivity index (χ1n) is 6.88. The van der Waals surface area contributed by atoms with Gasteiger partial charge in [-0.2, -0.15) is 5.10 Å². The smallest absolute Gasteiger partial charge is 0.175 e. The third-order valence-electron chi connectivity index (χ3n) is 3.89. The summed E-state index contributed by atoms with van der Waals surface area (Å²) < 4.78 is 24.9. The van der Waals surface area contributed by atoms with Crippen molar-refractivity contribution in [3.8, 4) is 11.3 Å². The second kappa shape index (κ2) is 5.21. The van der Waals surface area contributed by atoms with Gasteiger partial charge in [-0.25, -0.2) is 8.42 Å². The molecule has 116 valence electrons. The van der Waals surface area contributed by atoms with Gasteiger partial charge in [0.05, 0.1) is 15.5 Å². The lowest BCUT2D eigenvalue weighted by molar-refractivity contribution is 0.0972. The fraction of sp³-hybridized carbons (Fsp3) is 0.333. The topological polar surface area (TPSA) is 69.0 Å². The first-order valence-corrected chi connectivity index (χ1v) is 9.15. The average Bonchev–Trinajstić information content (AvgIpc) is 2.76. The molecule has 2 aromatic rings. The number of halogens is 1. The number of rotatable bonds is 2. The van der Waals surface area contributed by atoms with Gasteiger partial charge in [0.15, 0.2) is 15.6 Å². The highest BCUT2D eigenvalue weighted by atomic mass is 35.5. The molecule has 0 aliphatic heterocycles. The number of carbonyl (C=O) groups is 1. The summed E-state index contributed by atoms with van der Waals surface area (Å²) in [6.07, 6.45) is 3.27. The van der Waals surface area contributed by atoms with E-state index in [4.69, 9.17) is 11.6 Å². The Hall–Kier alpha value is -1.66. The van der Waals surface area contributed by atoms with Crippen LogP contribution in [0.3, 0.4) is 0 Å². The van der Waals surface area contributed by atoms with Crippen LogP contribution in [0.4, 0.5) is 0 Å². The minimum atomic E-state index is -3.32. The first kappa shape index (κ1) is 15.2. The molecular formula is C15H15ClN2O3S. The van der Waals surface area contributed by atoms with E-state index in [0.717, 1.165) is 24.8 Å². The zero-order valence-electron chi connectivity index (χ0n) is 12.3. The molecule has 1 heterocycles. The highest BCUT2D eigenvalue weighted by Gasteiger charge is 2.27. The summed E-state index contributed by atoms with van der Waals surface area (Å²) in [4.78, 5) is 12.4. The van der Waals surface area contributed by atoms with Gasteiger partial charge in [-0.15, -0.1) is 0 Å². The highest BCUT2D eigenvalue weighted by molar-refractivity contribution is 7.90. The summed E-state index contributed by atoms with van der Waals surface area (Å²) in [5.74, 6) is 0.0626. The molecule has 0 fully saturated rings. The molecule has 0 saturated carbocycles. The van der Waals surface area contributed by atoms with Gasteiger partial charge in [0, 0.05) is 31.0 Å². The summed E-state index contributed by atoms with van der Waals surface area (Å²) in [6, 6.07) is 4.51. The maximum Gasteiger partial charge on any atom is 0.175 e. The summed E-state index contributed by atoms with van der Waals surface area (Å²) in [5, 5.41) is 4.71. The molecule has 0 bridgehead atoms. The number of hydrogen-bond donors (Lipinski definition) is 0. The molecule has 3 rings (SSSR count). The van der Waals surface area contributed by atoms with Gasteiger partial charge in [0.1, 0.15) is 5.69 Å². The number of fused-ring (bicyclic) bond motifs is 1. The largest absolute Gasteiger partial charge is 0.294 e. The van der Waals surface area contributed by atoms with Crippen LogP contribution in [-0.2, 0) is 23.3 Å². The lowest BCUT2D eigenvalue weighted by Gasteiger charge is -2.12. The predicted octanol–water partition coefficient (Wildman–Crippen LogP) is 2.66. The van der Waals surface area contributed by atoms with Crippen molar-refractivity contribution in [2.75, 3.05) is 6.26 Å². The van der Waals surface area contributed by atoms with Crippen LogP contribution in [0.2, 0.25) is 5.02 Å². The molecule has 1 aliphatic rings. The van der Waals surface area contributed by atoms with Gasteiger partial charge in [0.25, 0.3) is 0 Å². The third kappa shape index (κ3) is 2.46. The molecule has 22 heavy (non-hydrogen) atoms. The quantitative estimate of drug-likeness (QED) is 0.844. The normalized spacial score (nSPS) is 15.0. The molecular weight excluding hydrogens is 324 g/mol. The molecule has 7 heteroatoms. The van der Waals surface area contributed by atoms with Crippen LogP contribution < -0.4 is 0 Å². The minimum Gasteiger partial charge on any atom is -0.294 e. The highest BCUT2D eigenvalue weighted by Crippen LogP contribution is 2.35. The molecule has 1 aromatic carbocycles. The monoisotopic (exact) mass is 338 g/mol. The molecule has 1 aliphatic carbocycles. The number of nitrogens with zero attached hydrogens (tertiary/aromatic N) is 2. The maximum absolute atomic E-state index is 12.2. The second-order valence-corrected chi connectivity index (χ2v) is 7.91. The van der Waals surface area contributed by atoms with Crippen molar-refractivity contribution in [2.45, 2.75) is 24.2 Å². The number of hydrogen-bond acceptors (Lipinski definition) is 4. The molecule has 0 radical (unpaired) electrons. The Balaban J connectivity index is 2.19. The van der Waals surface area contributed by atoms with Crippen molar-refractivity contribution in [1.29, 1.82) is 0 Å². The van der Waals surface area contributed by atoms with Gasteiger partial charge in [-0.1, -0.05) is 11.6 Å². The molecule has 0 atom stereocenters. The van der Waals surface area contributed by atoms with Crippen LogP contribution >= 0.6 is 11.6 Å². The van der Waals surface area contributed by atoms with Crippen LogP contribution in [0.5, 0.6) is 0 Å². The lowest BCUT2D eigenvalue weighted by Crippen LogP contribution is -2.12. The molecule has 0 spiro atoms. The number of sulfone groups is 1. The summed E-state index contributed by atoms with van der Waals surface area (Å²) in [5.41, 5.74) is 2.64. The summed E-state index contributed by atoms with van der Waals surface area (Å²) in [6.45, 7) is 0. The molecule has 1 aromatic heterocycles. The second-order valence-electron chi connectivity index (χ2n) is 5.48. The van der Waals surface area contributed by atoms with Crippen molar-refractivity contribution < 1.29 is 13.2 Å². The van der Waals surface area contributed by atoms with E-state index in [-0.39, 0.29) is 15.7 Å². The van der Waals surface area contributed by atoms with Crippen LogP contribution in [-0.4, -0.2) is 30.2 Å². The van der Waals surface area contributed by atoms with E-state index in [2.05, 4.69) is 5.10 Å². The molecule has 5 nitrogen and oxygen atoms in total. The lowest BCUT2D eigenvalue weighted by atomic mass is 9.92. The fourth-order valence-electron chi connectivity index (χ4n) is 2.79. The minimum absolute atomic E-state index is 0.0626. The first-order chi connectivity index (χ1) is 10.3. The Kier molecular flexibility index (Phi) is 3.61. The van der Waals surface area contributed by atoms with Crippen LogP contribution in [0.15, 0.2) is 23.1 Å². The van der Waals surface area contributed by atoms with Gasteiger partial charge in [-0.05, 0) is 31.0 Å². The van der Waals surface area contributed by atoms with Crippen LogP contribution in [0, 0.1) is 0 Å². The van der Waals surface area contributed by atoms with E-state index in [9.17, 15) is 13.2 Å². The van der Waals surface area contributed by atoms with E-state index in [1.54, 1.807) is 17.8 Å².